The Morgan fingerprint density at radius 3 is 3.12 bits per heavy atom. The van der Waals surface area contributed by atoms with Gasteiger partial charge in [-0.3, -0.25) is 4.79 Å². The fraction of sp³-hybridized carbons (Fsp3) is 0.417. The van der Waals surface area contributed by atoms with E-state index in [1.54, 1.807) is 0 Å². The van der Waals surface area contributed by atoms with Gasteiger partial charge >= 0.3 is 0 Å². The first kappa shape index (κ1) is 12.1. The van der Waals surface area contributed by atoms with Crippen LogP contribution in [0.1, 0.15) is 12.0 Å². The summed E-state index contributed by atoms with van der Waals surface area (Å²) in [5.74, 6) is 1.17. The second-order valence-electron chi connectivity index (χ2n) is 4.09. The van der Waals surface area contributed by atoms with Gasteiger partial charge in [0.2, 0.25) is 5.91 Å². The fourth-order valence-electron chi connectivity index (χ4n) is 1.89. The molecule has 1 aromatic rings. The Bertz CT molecular complexity index is 434. The molecule has 17 heavy (non-hydrogen) atoms. The molecule has 1 aromatic carbocycles. The first-order chi connectivity index (χ1) is 8.20. The number of thioether (sulfide) groups is 1. The van der Waals surface area contributed by atoms with E-state index in [9.17, 15) is 4.79 Å². The summed E-state index contributed by atoms with van der Waals surface area (Å²) < 4.78 is 0. The molecule has 1 aliphatic heterocycles. The van der Waals surface area contributed by atoms with E-state index in [1.807, 2.05) is 23.9 Å². The van der Waals surface area contributed by atoms with Gasteiger partial charge in [-0.05, 0) is 36.1 Å². The molecule has 0 atom stereocenters. The molecule has 92 valence electrons. The van der Waals surface area contributed by atoms with E-state index in [2.05, 4.69) is 16.9 Å². The summed E-state index contributed by atoms with van der Waals surface area (Å²) in [7, 11) is 0. The van der Waals surface area contributed by atoms with Crippen molar-refractivity contribution in [2.45, 2.75) is 12.8 Å². The van der Waals surface area contributed by atoms with Gasteiger partial charge in [-0.1, -0.05) is 0 Å². The SMILES string of the molecule is CSCCCNc1cc2c(cc1N)CC(=O)N2. The third-order valence-corrected chi connectivity index (χ3v) is 3.44. The summed E-state index contributed by atoms with van der Waals surface area (Å²) in [6.07, 6.45) is 3.63. The van der Waals surface area contributed by atoms with Gasteiger partial charge in [-0.15, -0.1) is 0 Å². The normalized spacial score (nSPS) is 13.4. The van der Waals surface area contributed by atoms with E-state index in [0.717, 1.165) is 35.7 Å². The van der Waals surface area contributed by atoms with Crippen LogP contribution in [0.3, 0.4) is 0 Å². The summed E-state index contributed by atoms with van der Waals surface area (Å²) in [6, 6.07) is 3.80. The van der Waals surface area contributed by atoms with E-state index >= 15 is 0 Å². The predicted molar refractivity (Wildman–Crippen MR) is 74.7 cm³/mol. The standard InChI is InChI=1S/C12H17N3OS/c1-17-4-2-3-14-11-7-10-8(5-9(11)13)6-12(16)15-10/h5,7,14H,2-4,6,13H2,1H3,(H,15,16). The second-order valence-corrected chi connectivity index (χ2v) is 5.08. The Kier molecular flexibility index (Phi) is 3.78. The van der Waals surface area contributed by atoms with E-state index in [4.69, 9.17) is 5.73 Å². The van der Waals surface area contributed by atoms with Crippen LogP contribution in [-0.4, -0.2) is 24.5 Å². The van der Waals surface area contributed by atoms with E-state index in [-0.39, 0.29) is 5.91 Å². The number of anilines is 3. The Balaban J connectivity index is 2.03. The van der Waals surface area contributed by atoms with Gasteiger partial charge in [0.05, 0.1) is 17.8 Å². The average Bonchev–Trinajstić information content (AvgIpc) is 2.63. The predicted octanol–water partition coefficient (Wildman–Crippen LogP) is 1.93. The van der Waals surface area contributed by atoms with Crippen LogP contribution in [0.25, 0.3) is 0 Å². The molecule has 0 fully saturated rings. The number of rotatable bonds is 5. The lowest BCUT2D eigenvalue weighted by molar-refractivity contribution is -0.115. The molecule has 0 saturated carbocycles. The van der Waals surface area contributed by atoms with Crippen LogP contribution in [0.4, 0.5) is 17.1 Å². The number of carbonyl (C=O) groups is 1. The number of fused-ring (bicyclic) bond motifs is 1. The van der Waals surface area contributed by atoms with E-state index in [1.165, 1.54) is 0 Å². The molecule has 2 rings (SSSR count). The van der Waals surface area contributed by atoms with Crippen LogP contribution in [0, 0.1) is 0 Å². The highest BCUT2D eigenvalue weighted by Crippen LogP contribution is 2.31. The Labute approximate surface area is 105 Å². The minimum atomic E-state index is 0.0407. The number of hydrogen-bond acceptors (Lipinski definition) is 4. The molecular formula is C12H17N3OS. The van der Waals surface area contributed by atoms with Crippen molar-refractivity contribution in [3.8, 4) is 0 Å². The molecule has 0 spiro atoms. The van der Waals surface area contributed by atoms with Crippen LogP contribution in [0.5, 0.6) is 0 Å². The third-order valence-electron chi connectivity index (χ3n) is 2.74. The van der Waals surface area contributed by atoms with Gasteiger partial charge in [-0.2, -0.15) is 11.8 Å². The summed E-state index contributed by atoms with van der Waals surface area (Å²) in [6.45, 7) is 0.901. The number of amides is 1. The smallest absolute Gasteiger partial charge is 0.228 e. The summed E-state index contributed by atoms with van der Waals surface area (Å²) in [5, 5.41) is 6.13. The molecule has 0 unspecified atom stereocenters. The van der Waals surface area contributed by atoms with Crippen molar-refractivity contribution in [3.63, 3.8) is 0 Å². The number of nitrogen functional groups attached to an aromatic ring is 1. The quantitative estimate of drug-likeness (QED) is 0.552. The second kappa shape index (κ2) is 5.31. The molecule has 1 aliphatic rings. The number of hydrogen-bond donors (Lipinski definition) is 3. The zero-order chi connectivity index (χ0) is 12.3. The molecule has 1 amide bonds. The molecular weight excluding hydrogens is 234 g/mol. The minimum absolute atomic E-state index is 0.0407. The molecule has 1 heterocycles. The summed E-state index contributed by atoms with van der Waals surface area (Å²) >= 11 is 1.83. The van der Waals surface area contributed by atoms with Crippen molar-refractivity contribution in [2.75, 3.05) is 34.9 Å². The average molecular weight is 251 g/mol. The van der Waals surface area contributed by atoms with Crippen molar-refractivity contribution >= 4 is 34.7 Å². The highest BCUT2D eigenvalue weighted by atomic mass is 32.2. The first-order valence-corrected chi connectivity index (χ1v) is 7.05. The molecule has 4 nitrogen and oxygen atoms in total. The third kappa shape index (κ3) is 2.85. The van der Waals surface area contributed by atoms with Gasteiger partial charge < -0.3 is 16.4 Å². The Morgan fingerprint density at radius 1 is 1.53 bits per heavy atom. The van der Waals surface area contributed by atoms with Crippen LogP contribution >= 0.6 is 11.8 Å². The van der Waals surface area contributed by atoms with Crippen molar-refractivity contribution in [1.29, 1.82) is 0 Å². The largest absolute Gasteiger partial charge is 0.397 e. The lowest BCUT2D eigenvalue weighted by Gasteiger charge is -2.11. The van der Waals surface area contributed by atoms with Gasteiger partial charge in [0.25, 0.3) is 0 Å². The van der Waals surface area contributed by atoms with E-state index in [0.29, 0.717) is 12.1 Å². The van der Waals surface area contributed by atoms with Crippen molar-refractivity contribution < 1.29 is 4.79 Å². The molecule has 0 bridgehead atoms. The maximum absolute atomic E-state index is 11.2. The molecule has 5 heteroatoms. The maximum atomic E-state index is 11.2. The highest BCUT2D eigenvalue weighted by molar-refractivity contribution is 7.98. The zero-order valence-electron chi connectivity index (χ0n) is 9.88. The van der Waals surface area contributed by atoms with Crippen LogP contribution < -0.4 is 16.4 Å². The number of nitrogens with one attached hydrogen (secondary N) is 2. The van der Waals surface area contributed by atoms with Gasteiger partial charge in [0.15, 0.2) is 0 Å². The number of carbonyl (C=O) groups excluding carboxylic acids is 1. The summed E-state index contributed by atoms with van der Waals surface area (Å²) in [5.41, 5.74) is 9.44. The molecule has 4 N–H and O–H groups in total. The highest BCUT2D eigenvalue weighted by Gasteiger charge is 2.18. The van der Waals surface area contributed by atoms with Crippen LogP contribution in [0.15, 0.2) is 12.1 Å². The van der Waals surface area contributed by atoms with Gasteiger partial charge in [0.1, 0.15) is 0 Å². The van der Waals surface area contributed by atoms with Crippen molar-refractivity contribution in [3.05, 3.63) is 17.7 Å². The van der Waals surface area contributed by atoms with E-state index < -0.39 is 0 Å². The molecule has 0 aliphatic carbocycles. The molecule has 0 aromatic heterocycles. The topological polar surface area (TPSA) is 67.1 Å². The Hall–Kier alpha value is -1.36. The van der Waals surface area contributed by atoms with Gasteiger partial charge in [-0.25, -0.2) is 0 Å². The van der Waals surface area contributed by atoms with Crippen molar-refractivity contribution in [1.82, 2.24) is 0 Å². The summed E-state index contributed by atoms with van der Waals surface area (Å²) in [4.78, 5) is 11.2. The lowest BCUT2D eigenvalue weighted by Crippen LogP contribution is -2.06. The minimum Gasteiger partial charge on any atom is -0.397 e. The van der Waals surface area contributed by atoms with Gasteiger partial charge in [0, 0.05) is 12.2 Å². The zero-order valence-corrected chi connectivity index (χ0v) is 10.7. The lowest BCUT2D eigenvalue weighted by atomic mass is 10.1. The monoisotopic (exact) mass is 251 g/mol. The maximum Gasteiger partial charge on any atom is 0.228 e. The fourth-order valence-corrected chi connectivity index (χ4v) is 2.32. The Morgan fingerprint density at radius 2 is 2.35 bits per heavy atom. The van der Waals surface area contributed by atoms with Crippen molar-refractivity contribution in [2.24, 2.45) is 0 Å². The molecule has 0 radical (unpaired) electrons. The molecule has 0 saturated heterocycles. The first-order valence-electron chi connectivity index (χ1n) is 5.66. The van der Waals surface area contributed by atoms with Crippen LogP contribution in [-0.2, 0) is 11.2 Å². The number of benzene rings is 1. The number of nitrogens with two attached hydrogens (primary N) is 1. The van der Waals surface area contributed by atoms with Crippen LogP contribution in [0.2, 0.25) is 0 Å².